The van der Waals surface area contributed by atoms with E-state index in [1.165, 1.54) is 48.5 Å². The van der Waals surface area contributed by atoms with E-state index >= 15 is 0 Å². The Labute approximate surface area is 448 Å². The van der Waals surface area contributed by atoms with Crippen molar-refractivity contribution in [2.75, 3.05) is 84.9 Å². The predicted molar refractivity (Wildman–Crippen MR) is 286 cm³/mol. The van der Waals surface area contributed by atoms with Crippen molar-refractivity contribution >= 4 is 65.5 Å². The molecule has 1 heterocycles. The van der Waals surface area contributed by atoms with Crippen molar-refractivity contribution in [1.82, 2.24) is 16.0 Å². The van der Waals surface area contributed by atoms with Crippen LogP contribution >= 0.6 is 7.82 Å². The summed E-state index contributed by atoms with van der Waals surface area (Å²) in [6.07, 6.45) is 0.303. The number of carboxylic acid groups (broad SMARTS) is 1. The summed E-state index contributed by atoms with van der Waals surface area (Å²) < 4.78 is 43.6. The number of carbonyl (C=O) groups is 5. The maximum Gasteiger partial charge on any atom is 0.472 e. The van der Waals surface area contributed by atoms with Crippen LogP contribution in [-0.2, 0) is 37.4 Å². The number of benzene rings is 5. The molecular weight excluding hydrogens is 1040 g/mol. The van der Waals surface area contributed by atoms with Crippen LogP contribution in [0.3, 0.4) is 0 Å². The Balaban J connectivity index is 0.751. The highest BCUT2D eigenvalue weighted by Crippen LogP contribution is 2.43. The molecule has 7 N–H and O–H groups in total. The normalized spacial score (nSPS) is 12.5. The molecule has 0 aromatic heterocycles. The first-order valence-electron chi connectivity index (χ1n) is 24.8. The molecule has 2 aliphatic rings. The summed E-state index contributed by atoms with van der Waals surface area (Å²) in [5.41, 5.74) is 3.80. The van der Waals surface area contributed by atoms with E-state index in [1.807, 2.05) is 43.3 Å². The fraction of sp³-hybridized carbons (Fsp3) is 0.333. The van der Waals surface area contributed by atoms with Gasteiger partial charge < -0.3 is 59.7 Å². The number of ether oxygens (including phenoxy) is 3. The van der Waals surface area contributed by atoms with E-state index in [0.29, 0.717) is 59.3 Å². The maximum atomic E-state index is 13.0. The molecule has 4 aromatic rings. The largest absolute Gasteiger partial charge is 0.508 e. The second-order valence-corrected chi connectivity index (χ2v) is 19.1. The molecule has 0 spiro atoms. The standard InChI is InChI=1S/C54H61N6O17P/c1-60(2)39-14-12-38(13-15-39)59-58-37-10-7-35(8-11-37)52(66)56-22-5-3-4-6-50(65)74-33-42(63)34-76-78(70,71)75-27-24-55-49(64)21-25-72-28-29-73-26-23-57-53(67)36-9-18-43(46(30-36)54(68)69)51-44-19-16-40(61)31-47(44)77-48-32-41(62)17-20-45(48)51/h7-20,30-32,42,61,63H,3-6,21-29,33-34H2,1-2H3,(H,55,64)(H,56,66)(H,57,67)(H,68,69)(H,70,71). The highest BCUT2D eigenvalue weighted by molar-refractivity contribution is 7.47. The van der Waals surface area contributed by atoms with Crippen LogP contribution in [0, 0.1) is 0 Å². The highest BCUT2D eigenvalue weighted by Gasteiger charge is 2.25. The van der Waals surface area contributed by atoms with Gasteiger partial charge in [0.25, 0.3) is 11.8 Å². The van der Waals surface area contributed by atoms with E-state index in [0.717, 1.165) is 5.69 Å². The van der Waals surface area contributed by atoms with Gasteiger partial charge in [0.1, 0.15) is 29.8 Å². The van der Waals surface area contributed by atoms with Crippen LogP contribution in [0.5, 0.6) is 5.75 Å². The molecule has 2 unspecified atom stereocenters. The van der Waals surface area contributed by atoms with Crippen molar-refractivity contribution in [3.63, 3.8) is 0 Å². The van der Waals surface area contributed by atoms with E-state index in [9.17, 15) is 53.5 Å². The van der Waals surface area contributed by atoms with Gasteiger partial charge in [-0.3, -0.25) is 33.0 Å². The molecule has 0 radical (unpaired) electrons. The predicted octanol–water partition coefficient (Wildman–Crippen LogP) is 6.75. The summed E-state index contributed by atoms with van der Waals surface area (Å²) in [6, 6.07) is 27.1. The van der Waals surface area contributed by atoms with Gasteiger partial charge in [0.05, 0.1) is 56.6 Å². The fourth-order valence-corrected chi connectivity index (χ4v) is 8.27. The lowest BCUT2D eigenvalue weighted by atomic mass is 9.90. The van der Waals surface area contributed by atoms with E-state index < -0.39 is 57.5 Å². The zero-order valence-corrected chi connectivity index (χ0v) is 43.8. The minimum Gasteiger partial charge on any atom is -0.508 e. The van der Waals surface area contributed by atoms with Crippen molar-refractivity contribution in [2.24, 2.45) is 10.2 Å². The number of carboxylic acids is 1. The first-order valence-corrected chi connectivity index (χ1v) is 26.3. The minimum atomic E-state index is -4.62. The van der Waals surface area contributed by atoms with Crippen LogP contribution < -0.4 is 26.3 Å². The Bertz CT molecular complexity index is 3110. The number of phenols is 1. The SMILES string of the molecule is CN(C)c1ccc(N=Nc2ccc(C(=O)NCCCCCC(=O)OCC(O)COP(=O)(O)OCCNC(=O)CCOCCOCCNC(=O)c3ccc(-c4c5ccc(=O)cc-5oc5cc(O)ccc45)c(C(=O)O)c3)cc2)cc1. The molecule has 24 heteroatoms. The van der Waals surface area contributed by atoms with Crippen LogP contribution in [0.15, 0.2) is 123 Å². The molecule has 4 aromatic carbocycles. The summed E-state index contributed by atoms with van der Waals surface area (Å²) >= 11 is 0. The number of carbonyl (C=O) groups excluding carboxylic acids is 4. The number of aliphatic hydroxyl groups is 1. The third kappa shape index (κ3) is 18.7. The number of amides is 3. The number of phenolic OH excluding ortho intramolecular Hbond substituents is 1. The molecule has 414 valence electrons. The van der Waals surface area contributed by atoms with Crippen molar-refractivity contribution in [1.29, 1.82) is 0 Å². The van der Waals surface area contributed by atoms with Gasteiger partial charge in [-0.05, 0) is 103 Å². The lowest BCUT2D eigenvalue weighted by Gasteiger charge is -2.17. The van der Waals surface area contributed by atoms with Crippen LogP contribution in [0.1, 0.15) is 63.2 Å². The second-order valence-electron chi connectivity index (χ2n) is 17.6. The van der Waals surface area contributed by atoms with E-state index in [-0.39, 0.29) is 97.5 Å². The molecule has 23 nitrogen and oxygen atoms in total. The minimum absolute atomic E-state index is 0.0329. The van der Waals surface area contributed by atoms with Gasteiger partial charge in [-0.25, -0.2) is 9.36 Å². The number of nitrogens with zero attached hydrogens (tertiary/aromatic N) is 3. The molecule has 0 bridgehead atoms. The third-order valence-electron chi connectivity index (χ3n) is 11.5. The number of anilines is 1. The van der Waals surface area contributed by atoms with Crippen LogP contribution in [-0.4, -0.2) is 136 Å². The van der Waals surface area contributed by atoms with Crippen molar-refractivity contribution in [3.05, 3.63) is 130 Å². The topological polar surface area (TPSA) is 324 Å². The zero-order valence-electron chi connectivity index (χ0n) is 42.9. The number of aromatic hydroxyl groups is 1. The fourth-order valence-electron chi connectivity index (χ4n) is 7.51. The first-order chi connectivity index (χ1) is 37.5. The Morgan fingerprint density at radius 1 is 0.679 bits per heavy atom. The van der Waals surface area contributed by atoms with Crippen LogP contribution in [0.25, 0.3) is 33.4 Å². The smallest absolute Gasteiger partial charge is 0.472 e. The number of fused-ring (bicyclic) bond motifs is 2. The summed E-state index contributed by atoms with van der Waals surface area (Å²) in [7, 11) is -0.710. The van der Waals surface area contributed by atoms with Gasteiger partial charge in [0, 0.05) is 92.0 Å². The number of phosphoric acid groups is 1. The van der Waals surface area contributed by atoms with Gasteiger partial charge in [-0.15, -0.1) is 0 Å². The Hall–Kier alpha value is -7.89. The molecule has 0 saturated heterocycles. The number of azo groups is 1. The summed E-state index contributed by atoms with van der Waals surface area (Å²) in [5.74, 6) is -3.01. The number of hydrogen-bond donors (Lipinski definition) is 7. The molecule has 3 amide bonds. The zero-order chi connectivity index (χ0) is 56.0. The molecule has 0 fully saturated rings. The van der Waals surface area contributed by atoms with Crippen molar-refractivity contribution in [3.8, 4) is 28.2 Å². The van der Waals surface area contributed by atoms with Crippen molar-refractivity contribution < 1.29 is 76.4 Å². The number of phosphoric ester groups is 1. The lowest BCUT2D eigenvalue weighted by molar-refractivity contribution is -0.147. The van der Waals surface area contributed by atoms with Gasteiger partial charge >= 0.3 is 19.8 Å². The quantitative estimate of drug-likeness (QED) is 0.00778. The lowest BCUT2D eigenvalue weighted by Crippen LogP contribution is -2.28. The van der Waals surface area contributed by atoms with E-state index in [2.05, 4.69) is 26.2 Å². The molecule has 1 aliphatic carbocycles. The van der Waals surface area contributed by atoms with Crippen LogP contribution in [0.4, 0.5) is 17.1 Å². The molecule has 6 rings (SSSR count). The van der Waals surface area contributed by atoms with E-state index in [1.54, 1.807) is 30.3 Å². The average Bonchev–Trinajstić information content (AvgIpc) is 3.45. The maximum absolute atomic E-state index is 13.0. The first kappa shape index (κ1) is 59.4. The third-order valence-corrected chi connectivity index (χ3v) is 12.5. The molecular formula is C54H61N6O17P. The Morgan fingerprint density at radius 3 is 2.05 bits per heavy atom. The molecule has 2 atom stereocenters. The second kappa shape index (κ2) is 29.6. The van der Waals surface area contributed by atoms with E-state index in [4.69, 9.17) is 27.7 Å². The number of aliphatic hydroxyl groups excluding tert-OH is 1. The number of nitrogens with one attached hydrogen (secondary N) is 3. The molecule has 0 saturated carbocycles. The molecule has 78 heavy (non-hydrogen) atoms. The van der Waals surface area contributed by atoms with Crippen LogP contribution in [0.2, 0.25) is 0 Å². The summed E-state index contributed by atoms with van der Waals surface area (Å²) in [6.45, 7) is -0.814. The average molecular weight is 1100 g/mol. The Kier molecular flexibility index (Phi) is 22.5. The number of unbranched alkanes of at least 4 members (excludes halogenated alkanes) is 2. The summed E-state index contributed by atoms with van der Waals surface area (Å²) in [4.78, 5) is 86.4. The number of rotatable bonds is 31. The highest BCUT2D eigenvalue weighted by atomic mass is 31.2. The number of aromatic carboxylic acids is 1. The van der Waals surface area contributed by atoms with Gasteiger partial charge in [-0.1, -0.05) is 12.5 Å². The Morgan fingerprint density at radius 2 is 1.33 bits per heavy atom. The number of esters is 1. The van der Waals surface area contributed by atoms with Gasteiger partial charge in [-0.2, -0.15) is 10.2 Å². The van der Waals surface area contributed by atoms with Gasteiger partial charge in [0.15, 0.2) is 5.43 Å². The van der Waals surface area contributed by atoms with Crippen molar-refractivity contribution in [2.45, 2.75) is 38.2 Å². The number of hydrogen-bond acceptors (Lipinski definition) is 18. The van der Waals surface area contributed by atoms with Gasteiger partial charge in [0.2, 0.25) is 5.91 Å². The summed E-state index contributed by atoms with van der Waals surface area (Å²) in [5, 5.41) is 47.3. The molecule has 1 aliphatic heterocycles. The monoisotopic (exact) mass is 1100 g/mol.